The quantitative estimate of drug-likeness (QED) is 0.744. The van der Waals surface area contributed by atoms with Crippen LogP contribution in [0.5, 0.6) is 0 Å². The molecule has 1 saturated heterocycles. The van der Waals surface area contributed by atoms with Gasteiger partial charge in [-0.15, -0.1) is 0 Å². The average Bonchev–Trinajstić information content (AvgIpc) is 3.31. The fourth-order valence-electron chi connectivity index (χ4n) is 4.14. The van der Waals surface area contributed by atoms with Crippen LogP contribution in [-0.2, 0) is 19.6 Å². The van der Waals surface area contributed by atoms with Gasteiger partial charge in [-0.1, -0.05) is 5.16 Å². The summed E-state index contributed by atoms with van der Waals surface area (Å²) in [5.41, 5.74) is 3.33. The van der Waals surface area contributed by atoms with E-state index < -0.39 is 0 Å². The Labute approximate surface area is 164 Å². The van der Waals surface area contributed by atoms with E-state index in [4.69, 9.17) is 9.62 Å². The molecule has 2 aliphatic rings. The van der Waals surface area contributed by atoms with Crippen molar-refractivity contribution in [2.45, 2.75) is 44.8 Å². The predicted molar refractivity (Wildman–Crippen MR) is 103 cm³/mol. The average molecular weight is 379 g/mol. The minimum Gasteiger partial charge on any atom is -0.339 e. The van der Waals surface area contributed by atoms with E-state index in [0.29, 0.717) is 5.82 Å². The number of aryl methyl sites for hydroxylation is 1. The van der Waals surface area contributed by atoms with Crippen LogP contribution in [0, 0.1) is 0 Å². The molecule has 1 unspecified atom stereocenters. The van der Waals surface area contributed by atoms with E-state index in [1.54, 1.807) is 12.4 Å². The number of piperidine rings is 1. The van der Waals surface area contributed by atoms with E-state index in [1.807, 2.05) is 12.1 Å². The molecule has 2 aliphatic heterocycles. The Morgan fingerprint density at radius 3 is 3.18 bits per heavy atom. The topological polar surface area (TPSA) is 84.9 Å². The van der Waals surface area contributed by atoms with Gasteiger partial charge in [0.25, 0.3) is 0 Å². The van der Waals surface area contributed by atoms with E-state index in [1.165, 1.54) is 5.69 Å². The van der Waals surface area contributed by atoms with Gasteiger partial charge in [0.2, 0.25) is 11.7 Å². The first kappa shape index (κ1) is 17.5. The summed E-state index contributed by atoms with van der Waals surface area (Å²) in [6.07, 6.45) is 6.85. The molecule has 0 radical (unpaired) electrons. The van der Waals surface area contributed by atoms with E-state index in [0.717, 1.165) is 75.7 Å². The minimum atomic E-state index is 0.272. The smallest absolute Gasteiger partial charge is 0.231 e. The molecule has 0 saturated carbocycles. The maximum absolute atomic E-state index is 5.59. The summed E-state index contributed by atoms with van der Waals surface area (Å²) in [5, 5.41) is 12.4. The lowest BCUT2D eigenvalue weighted by Crippen LogP contribution is -2.34. The van der Waals surface area contributed by atoms with Crippen LogP contribution in [0.3, 0.4) is 0 Å². The highest BCUT2D eigenvalue weighted by Crippen LogP contribution is 2.28. The molecule has 8 heteroatoms. The van der Waals surface area contributed by atoms with Crippen LogP contribution < -0.4 is 5.32 Å². The van der Waals surface area contributed by atoms with Crippen molar-refractivity contribution in [3.8, 4) is 11.4 Å². The number of rotatable bonds is 4. The Bertz CT molecular complexity index is 896. The SMILES string of the molecule is c1cncc(-c2noc(C3CCCN(Cc4cc5n(n4)CCCNC5)C3)n2)c1. The van der Waals surface area contributed by atoms with Crippen molar-refractivity contribution in [1.82, 2.24) is 35.1 Å². The molecule has 0 spiro atoms. The third kappa shape index (κ3) is 3.70. The lowest BCUT2D eigenvalue weighted by Gasteiger charge is -2.30. The Morgan fingerprint density at radius 1 is 1.25 bits per heavy atom. The molecule has 8 nitrogen and oxygen atoms in total. The molecule has 5 heterocycles. The number of pyridine rings is 1. The lowest BCUT2D eigenvalue weighted by molar-refractivity contribution is 0.178. The van der Waals surface area contributed by atoms with Crippen molar-refractivity contribution in [1.29, 1.82) is 0 Å². The van der Waals surface area contributed by atoms with Crippen molar-refractivity contribution in [3.05, 3.63) is 47.9 Å². The zero-order chi connectivity index (χ0) is 18.8. The molecule has 1 atom stereocenters. The van der Waals surface area contributed by atoms with Gasteiger partial charge in [0.15, 0.2) is 0 Å². The van der Waals surface area contributed by atoms with Gasteiger partial charge in [-0.25, -0.2) is 0 Å². The van der Waals surface area contributed by atoms with Crippen molar-refractivity contribution >= 4 is 0 Å². The second-order valence-corrected chi connectivity index (χ2v) is 7.65. The third-order valence-corrected chi connectivity index (χ3v) is 5.55. The summed E-state index contributed by atoms with van der Waals surface area (Å²) in [5.74, 6) is 1.62. The second kappa shape index (κ2) is 7.81. The van der Waals surface area contributed by atoms with Crippen LogP contribution in [0.2, 0.25) is 0 Å². The molecule has 1 N–H and O–H groups in total. The van der Waals surface area contributed by atoms with Gasteiger partial charge in [0, 0.05) is 44.1 Å². The summed E-state index contributed by atoms with van der Waals surface area (Å²) < 4.78 is 7.76. The predicted octanol–water partition coefficient (Wildman–Crippen LogP) is 2.20. The molecule has 3 aromatic heterocycles. The molecule has 146 valence electrons. The second-order valence-electron chi connectivity index (χ2n) is 7.65. The summed E-state index contributed by atoms with van der Waals surface area (Å²) in [6.45, 7) is 5.87. The number of nitrogens with zero attached hydrogens (tertiary/aromatic N) is 6. The molecule has 3 aromatic rings. The minimum absolute atomic E-state index is 0.272. The summed E-state index contributed by atoms with van der Waals surface area (Å²) in [4.78, 5) is 11.2. The Kier molecular flexibility index (Phi) is 4.88. The Balaban J connectivity index is 1.26. The standard InChI is InChI=1S/C20H25N7O/c1-4-15(11-21-6-1)19-23-20(28-25-19)16-5-2-8-26(13-16)14-17-10-18-12-22-7-3-9-27(18)24-17/h1,4,6,10-11,16,22H,2-3,5,7-9,12-14H2. The van der Waals surface area contributed by atoms with E-state index in [-0.39, 0.29) is 5.92 Å². The molecule has 28 heavy (non-hydrogen) atoms. The summed E-state index contributed by atoms with van der Waals surface area (Å²) >= 11 is 0. The highest BCUT2D eigenvalue weighted by atomic mass is 16.5. The number of hydrogen-bond acceptors (Lipinski definition) is 7. The number of fused-ring (bicyclic) bond motifs is 1. The molecular weight excluding hydrogens is 354 g/mol. The van der Waals surface area contributed by atoms with Gasteiger partial charge in [-0.2, -0.15) is 10.1 Å². The summed E-state index contributed by atoms with van der Waals surface area (Å²) in [6, 6.07) is 6.08. The first-order chi connectivity index (χ1) is 13.8. The monoisotopic (exact) mass is 379 g/mol. The zero-order valence-corrected chi connectivity index (χ0v) is 15.9. The molecule has 0 bridgehead atoms. The third-order valence-electron chi connectivity index (χ3n) is 5.55. The van der Waals surface area contributed by atoms with Gasteiger partial charge < -0.3 is 9.84 Å². The van der Waals surface area contributed by atoms with Crippen LogP contribution in [-0.4, -0.2) is 49.4 Å². The van der Waals surface area contributed by atoms with E-state index in [2.05, 4.69) is 36.1 Å². The first-order valence-corrected chi connectivity index (χ1v) is 10.1. The Hall–Kier alpha value is -2.58. The molecule has 5 rings (SSSR count). The number of aromatic nitrogens is 5. The van der Waals surface area contributed by atoms with E-state index in [9.17, 15) is 0 Å². The normalized spacial score (nSPS) is 20.6. The molecule has 1 fully saturated rings. The molecule has 0 amide bonds. The highest BCUT2D eigenvalue weighted by Gasteiger charge is 2.27. The van der Waals surface area contributed by atoms with Gasteiger partial charge in [-0.05, 0) is 50.6 Å². The molecular formula is C20H25N7O. The number of nitrogens with one attached hydrogen (secondary N) is 1. The largest absolute Gasteiger partial charge is 0.339 e. The number of hydrogen-bond donors (Lipinski definition) is 1. The fourth-order valence-corrected chi connectivity index (χ4v) is 4.14. The zero-order valence-electron chi connectivity index (χ0n) is 15.9. The molecule has 0 aromatic carbocycles. The van der Waals surface area contributed by atoms with Crippen molar-refractivity contribution < 1.29 is 4.52 Å². The number of likely N-dealkylation sites (tertiary alicyclic amines) is 1. The van der Waals surface area contributed by atoms with Crippen LogP contribution in [0.1, 0.15) is 42.5 Å². The van der Waals surface area contributed by atoms with Crippen LogP contribution >= 0.6 is 0 Å². The van der Waals surface area contributed by atoms with Gasteiger partial charge in [0.05, 0.1) is 17.3 Å². The maximum atomic E-state index is 5.59. The van der Waals surface area contributed by atoms with Crippen molar-refractivity contribution in [2.75, 3.05) is 19.6 Å². The van der Waals surface area contributed by atoms with Crippen molar-refractivity contribution in [2.24, 2.45) is 0 Å². The first-order valence-electron chi connectivity index (χ1n) is 10.1. The van der Waals surface area contributed by atoms with Crippen LogP contribution in [0.15, 0.2) is 35.1 Å². The van der Waals surface area contributed by atoms with E-state index >= 15 is 0 Å². The molecule has 0 aliphatic carbocycles. The van der Waals surface area contributed by atoms with Gasteiger partial charge in [0.1, 0.15) is 0 Å². The van der Waals surface area contributed by atoms with Gasteiger partial charge >= 0.3 is 0 Å². The highest BCUT2D eigenvalue weighted by molar-refractivity contribution is 5.51. The van der Waals surface area contributed by atoms with Gasteiger partial charge in [-0.3, -0.25) is 14.6 Å². The fraction of sp³-hybridized carbons (Fsp3) is 0.500. The Morgan fingerprint density at radius 2 is 2.25 bits per heavy atom. The lowest BCUT2D eigenvalue weighted by atomic mass is 9.98. The van der Waals surface area contributed by atoms with Crippen molar-refractivity contribution in [3.63, 3.8) is 0 Å². The van der Waals surface area contributed by atoms with Crippen LogP contribution in [0.4, 0.5) is 0 Å². The van der Waals surface area contributed by atoms with Crippen LogP contribution in [0.25, 0.3) is 11.4 Å². The summed E-state index contributed by atoms with van der Waals surface area (Å²) in [7, 11) is 0. The maximum Gasteiger partial charge on any atom is 0.231 e.